The van der Waals surface area contributed by atoms with Crippen molar-refractivity contribution in [2.45, 2.75) is 37.2 Å². The molecular formula is C18H21NO3S. The summed E-state index contributed by atoms with van der Waals surface area (Å²) in [5.41, 5.74) is 1.31. The van der Waals surface area contributed by atoms with Crippen molar-refractivity contribution in [3.63, 3.8) is 0 Å². The molecule has 0 fully saturated rings. The SMILES string of the molecule is CCc1ccc(S(=O)(=O)N2CCC(C)(O)c3ccccc32)cc1. The molecule has 1 aliphatic rings. The first kappa shape index (κ1) is 16.0. The molecule has 2 aromatic carbocycles. The van der Waals surface area contributed by atoms with Crippen LogP contribution in [0.25, 0.3) is 0 Å². The summed E-state index contributed by atoms with van der Waals surface area (Å²) in [6, 6.07) is 14.2. The Balaban J connectivity index is 2.07. The molecule has 0 radical (unpaired) electrons. The maximum absolute atomic E-state index is 13.0. The number of aryl methyl sites for hydroxylation is 1. The normalized spacial score (nSPS) is 21.1. The van der Waals surface area contributed by atoms with Crippen LogP contribution in [-0.4, -0.2) is 20.1 Å². The summed E-state index contributed by atoms with van der Waals surface area (Å²) >= 11 is 0. The highest BCUT2D eigenvalue weighted by Crippen LogP contribution is 2.40. The van der Waals surface area contributed by atoms with Gasteiger partial charge in [-0.3, -0.25) is 4.31 Å². The van der Waals surface area contributed by atoms with Crippen molar-refractivity contribution < 1.29 is 13.5 Å². The molecule has 0 bridgehead atoms. The van der Waals surface area contributed by atoms with Crippen molar-refractivity contribution in [1.82, 2.24) is 0 Å². The first-order valence-electron chi connectivity index (χ1n) is 7.80. The van der Waals surface area contributed by atoms with Crippen molar-refractivity contribution in [3.8, 4) is 0 Å². The number of hydrogen-bond donors (Lipinski definition) is 1. The van der Waals surface area contributed by atoms with Gasteiger partial charge in [0.05, 0.1) is 16.2 Å². The number of para-hydroxylation sites is 1. The molecule has 122 valence electrons. The molecule has 2 aromatic rings. The van der Waals surface area contributed by atoms with Crippen LogP contribution in [0.15, 0.2) is 53.4 Å². The van der Waals surface area contributed by atoms with Gasteiger partial charge < -0.3 is 5.11 Å². The maximum atomic E-state index is 13.0. The number of nitrogens with zero attached hydrogens (tertiary/aromatic N) is 1. The van der Waals surface area contributed by atoms with Crippen molar-refractivity contribution in [1.29, 1.82) is 0 Å². The molecule has 0 spiro atoms. The zero-order valence-electron chi connectivity index (χ0n) is 13.4. The van der Waals surface area contributed by atoms with Gasteiger partial charge in [0.2, 0.25) is 0 Å². The lowest BCUT2D eigenvalue weighted by Gasteiger charge is -2.38. The molecule has 4 nitrogen and oxygen atoms in total. The average molecular weight is 331 g/mol. The van der Waals surface area contributed by atoms with Crippen molar-refractivity contribution in [2.24, 2.45) is 0 Å². The molecule has 0 aliphatic carbocycles. The fourth-order valence-electron chi connectivity index (χ4n) is 2.99. The van der Waals surface area contributed by atoms with E-state index in [0.29, 0.717) is 17.7 Å². The Morgan fingerprint density at radius 2 is 1.78 bits per heavy atom. The van der Waals surface area contributed by atoms with Crippen LogP contribution < -0.4 is 4.31 Å². The van der Waals surface area contributed by atoms with E-state index in [1.54, 1.807) is 37.3 Å². The van der Waals surface area contributed by atoms with Gasteiger partial charge in [-0.25, -0.2) is 8.42 Å². The highest BCUT2D eigenvalue weighted by molar-refractivity contribution is 7.92. The Bertz CT molecular complexity index is 810. The number of fused-ring (bicyclic) bond motifs is 1. The van der Waals surface area contributed by atoms with Gasteiger partial charge in [-0.15, -0.1) is 0 Å². The lowest BCUT2D eigenvalue weighted by Crippen LogP contribution is -2.42. The van der Waals surface area contributed by atoms with Gasteiger partial charge in [0.25, 0.3) is 10.0 Å². The number of hydrogen-bond acceptors (Lipinski definition) is 3. The third kappa shape index (κ3) is 2.75. The Morgan fingerprint density at radius 3 is 2.43 bits per heavy atom. The van der Waals surface area contributed by atoms with Crippen LogP contribution in [0.4, 0.5) is 5.69 Å². The molecule has 1 aliphatic heterocycles. The van der Waals surface area contributed by atoms with E-state index in [1.165, 1.54) is 4.31 Å². The van der Waals surface area contributed by atoms with E-state index in [1.807, 2.05) is 25.1 Å². The molecule has 1 N–H and O–H groups in total. The van der Waals surface area contributed by atoms with Crippen LogP contribution in [-0.2, 0) is 22.0 Å². The smallest absolute Gasteiger partial charge is 0.264 e. The number of rotatable bonds is 3. The molecule has 0 saturated carbocycles. The topological polar surface area (TPSA) is 57.6 Å². The Hall–Kier alpha value is -1.85. The summed E-state index contributed by atoms with van der Waals surface area (Å²) < 4.78 is 27.4. The fraction of sp³-hybridized carbons (Fsp3) is 0.333. The second kappa shape index (κ2) is 5.65. The number of benzene rings is 2. The largest absolute Gasteiger partial charge is 0.385 e. The summed E-state index contributed by atoms with van der Waals surface area (Å²) in [6.45, 7) is 4.03. The minimum Gasteiger partial charge on any atom is -0.385 e. The summed E-state index contributed by atoms with van der Waals surface area (Å²) in [6.07, 6.45) is 1.24. The molecule has 0 aromatic heterocycles. The minimum absolute atomic E-state index is 0.266. The van der Waals surface area contributed by atoms with E-state index in [4.69, 9.17) is 0 Å². The van der Waals surface area contributed by atoms with Crippen molar-refractivity contribution in [3.05, 3.63) is 59.7 Å². The predicted octanol–water partition coefficient (Wildman–Crippen LogP) is 3.06. The first-order chi connectivity index (χ1) is 10.9. The molecule has 0 saturated heterocycles. The monoisotopic (exact) mass is 331 g/mol. The van der Waals surface area contributed by atoms with Gasteiger partial charge in [0.15, 0.2) is 0 Å². The van der Waals surface area contributed by atoms with Gasteiger partial charge in [-0.1, -0.05) is 37.3 Å². The van der Waals surface area contributed by atoms with Crippen LogP contribution in [0.5, 0.6) is 0 Å². The quantitative estimate of drug-likeness (QED) is 0.940. The average Bonchev–Trinajstić information content (AvgIpc) is 2.55. The van der Waals surface area contributed by atoms with E-state index in [0.717, 1.165) is 12.0 Å². The third-order valence-corrected chi connectivity index (χ3v) is 6.30. The highest BCUT2D eigenvalue weighted by Gasteiger charge is 2.37. The molecular weight excluding hydrogens is 310 g/mol. The number of sulfonamides is 1. The predicted molar refractivity (Wildman–Crippen MR) is 91.0 cm³/mol. The van der Waals surface area contributed by atoms with Crippen LogP contribution >= 0.6 is 0 Å². The zero-order chi connectivity index (χ0) is 16.7. The van der Waals surface area contributed by atoms with Gasteiger partial charge in [0.1, 0.15) is 0 Å². The van der Waals surface area contributed by atoms with E-state index in [-0.39, 0.29) is 11.4 Å². The second-order valence-electron chi connectivity index (χ2n) is 6.12. The number of anilines is 1. The van der Waals surface area contributed by atoms with Gasteiger partial charge >= 0.3 is 0 Å². The molecule has 3 rings (SSSR count). The first-order valence-corrected chi connectivity index (χ1v) is 9.24. The van der Waals surface area contributed by atoms with Gasteiger partial charge in [-0.2, -0.15) is 0 Å². The number of aliphatic hydroxyl groups is 1. The van der Waals surface area contributed by atoms with Crippen LogP contribution in [0.1, 0.15) is 31.4 Å². The zero-order valence-corrected chi connectivity index (χ0v) is 14.2. The van der Waals surface area contributed by atoms with Gasteiger partial charge in [0, 0.05) is 12.1 Å². The Morgan fingerprint density at radius 1 is 1.13 bits per heavy atom. The van der Waals surface area contributed by atoms with Crippen molar-refractivity contribution >= 4 is 15.7 Å². The van der Waals surface area contributed by atoms with Gasteiger partial charge in [-0.05, 0) is 43.5 Å². The summed E-state index contributed by atoms with van der Waals surface area (Å²) in [5.74, 6) is 0. The van der Waals surface area contributed by atoms with E-state index in [9.17, 15) is 13.5 Å². The van der Waals surface area contributed by atoms with E-state index < -0.39 is 15.6 Å². The standard InChI is InChI=1S/C18H21NO3S/c1-3-14-8-10-15(11-9-14)23(21,22)19-13-12-18(2,20)16-6-4-5-7-17(16)19/h4-11,20H,3,12-13H2,1-2H3. The third-order valence-electron chi connectivity index (χ3n) is 4.47. The minimum atomic E-state index is -3.63. The van der Waals surface area contributed by atoms with Crippen LogP contribution in [0.3, 0.4) is 0 Å². The summed E-state index contributed by atoms with van der Waals surface area (Å²) in [5, 5.41) is 10.5. The molecule has 1 heterocycles. The Labute approximate surface area is 137 Å². The molecule has 23 heavy (non-hydrogen) atoms. The summed E-state index contributed by atoms with van der Waals surface area (Å²) in [7, 11) is -3.63. The molecule has 1 unspecified atom stereocenters. The van der Waals surface area contributed by atoms with Crippen LogP contribution in [0.2, 0.25) is 0 Å². The van der Waals surface area contributed by atoms with Crippen LogP contribution in [0, 0.1) is 0 Å². The fourth-order valence-corrected chi connectivity index (χ4v) is 4.48. The summed E-state index contributed by atoms with van der Waals surface area (Å²) in [4.78, 5) is 0.283. The maximum Gasteiger partial charge on any atom is 0.264 e. The Kier molecular flexibility index (Phi) is 3.94. The van der Waals surface area contributed by atoms with E-state index >= 15 is 0 Å². The molecule has 5 heteroatoms. The lowest BCUT2D eigenvalue weighted by molar-refractivity contribution is 0.0472. The van der Waals surface area contributed by atoms with Crippen molar-refractivity contribution in [2.75, 3.05) is 10.8 Å². The lowest BCUT2D eigenvalue weighted by atomic mass is 9.88. The molecule has 0 amide bonds. The second-order valence-corrected chi connectivity index (χ2v) is 7.98. The highest BCUT2D eigenvalue weighted by atomic mass is 32.2. The molecule has 1 atom stereocenters. The van der Waals surface area contributed by atoms with E-state index in [2.05, 4.69) is 0 Å².